The Bertz CT molecular complexity index is 1000. The fraction of sp³-hybridized carbons (Fsp3) is 0.158. The standard InChI is InChI=1S/C19H16F3N5O3/c20-19(21,22)15-7-5-13(6-8-15)12-1-3-14(4-2-12)17(29)25-16(9-28)18(30)26-27-10-23-24-11-27/h1-8,10-11,16,28H,9H2,(H,25,29)(H,26,30). The molecule has 3 aromatic rings. The van der Waals surface area contributed by atoms with Crippen molar-refractivity contribution in [3.63, 3.8) is 0 Å². The molecule has 0 aliphatic carbocycles. The van der Waals surface area contributed by atoms with Crippen molar-refractivity contribution in [2.24, 2.45) is 0 Å². The number of nitrogens with zero attached hydrogens (tertiary/aromatic N) is 3. The first-order valence-corrected chi connectivity index (χ1v) is 8.63. The minimum atomic E-state index is -4.41. The molecule has 2 amide bonds. The molecule has 1 aromatic heterocycles. The van der Waals surface area contributed by atoms with Gasteiger partial charge in [0, 0.05) is 5.56 Å². The van der Waals surface area contributed by atoms with Gasteiger partial charge in [0.25, 0.3) is 11.8 Å². The molecule has 11 heteroatoms. The summed E-state index contributed by atoms with van der Waals surface area (Å²) in [4.78, 5) is 24.5. The van der Waals surface area contributed by atoms with E-state index < -0.39 is 36.2 Å². The van der Waals surface area contributed by atoms with E-state index in [1.54, 1.807) is 12.1 Å². The molecule has 156 valence electrons. The minimum absolute atomic E-state index is 0.209. The van der Waals surface area contributed by atoms with Gasteiger partial charge >= 0.3 is 6.18 Å². The fourth-order valence-electron chi connectivity index (χ4n) is 2.56. The summed E-state index contributed by atoms with van der Waals surface area (Å²) in [5.41, 5.74) is 3.00. The number of aliphatic hydroxyl groups excluding tert-OH is 1. The Kier molecular flexibility index (Phi) is 6.11. The van der Waals surface area contributed by atoms with Crippen LogP contribution in [0, 0.1) is 0 Å². The third-order valence-electron chi connectivity index (χ3n) is 4.16. The predicted octanol–water partition coefficient (Wildman–Crippen LogP) is 1.82. The van der Waals surface area contributed by atoms with E-state index in [1.165, 1.54) is 36.9 Å². The van der Waals surface area contributed by atoms with Crippen molar-refractivity contribution in [3.8, 4) is 11.1 Å². The molecule has 2 aromatic carbocycles. The highest BCUT2D eigenvalue weighted by molar-refractivity contribution is 5.99. The quantitative estimate of drug-likeness (QED) is 0.565. The molecule has 3 N–H and O–H groups in total. The van der Waals surface area contributed by atoms with Crippen molar-refractivity contribution in [1.29, 1.82) is 0 Å². The molecule has 1 atom stereocenters. The predicted molar refractivity (Wildman–Crippen MR) is 99.6 cm³/mol. The summed E-state index contributed by atoms with van der Waals surface area (Å²) >= 11 is 0. The summed E-state index contributed by atoms with van der Waals surface area (Å²) in [5.74, 6) is -1.28. The molecule has 0 aliphatic heterocycles. The molecule has 1 heterocycles. The Hall–Kier alpha value is -3.73. The number of halogens is 3. The summed E-state index contributed by atoms with van der Waals surface area (Å²) in [6.07, 6.45) is -1.95. The Labute approximate surface area is 168 Å². The van der Waals surface area contributed by atoms with Crippen LogP contribution in [-0.2, 0) is 11.0 Å². The number of aliphatic hydroxyl groups is 1. The smallest absolute Gasteiger partial charge is 0.394 e. The van der Waals surface area contributed by atoms with E-state index >= 15 is 0 Å². The highest BCUT2D eigenvalue weighted by atomic mass is 19.4. The van der Waals surface area contributed by atoms with Gasteiger partial charge < -0.3 is 10.4 Å². The van der Waals surface area contributed by atoms with Crippen LogP contribution in [0.3, 0.4) is 0 Å². The number of amides is 2. The monoisotopic (exact) mass is 419 g/mol. The molecular formula is C19H16F3N5O3. The zero-order valence-electron chi connectivity index (χ0n) is 15.3. The Morgan fingerprint density at radius 1 is 0.967 bits per heavy atom. The van der Waals surface area contributed by atoms with Crippen molar-refractivity contribution in [3.05, 3.63) is 72.3 Å². The van der Waals surface area contributed by atoms with E-state index in [4.69, 9.17) is 0 Å². The SMILES string of the molecule is O=C(NC(CO)C(=O)Nn1cnnc1)c1ccc(-c2ccc(C(F)(F)F)cc2)cc1. The molecule has 30 heavy (non-hydrogen) atoms. The molecule has 8 nitrogen and oxygen atoms in total. The second-order valence-electron chi connectivity index (χ2n) is 6.21. The molecule has 0 radical (unpaired) electrons. The van der Waals surface area contributed by atoms with Crippen molar-refractivity contribution >= 4 is 11.8 Å². The first-order valence-electron chi connectivity index (χ1n) is 8.63. The highest BCUT2D eigenvalue weighted by Crippen LogP contribution is 2.31. The summed E-state index contributed by atoms with van der Waals surface area (Å²) < 4.78 is 39.1. The zero-order valence-corrected chi connectivity index (χ0v) is 15.3. The largest absolute Gasteiger partial charge is 0.416 e. The maximum atomic E-state index is 12.7. The van der Waals surface area contributed by atoms with Crippen molar-refractivity contribution in [2.45, 2.75) is 12.2 Å². The van der Waals surface area contributed by atoms with Crippen LogP contribution < -0.4 is 10.7 Å². The lowest BCUT2D eigenvalue weighted by Crippen LogP contribution is -2.47. The number of rotatable bonds is 6. The summed E-state index contributed by atoms with van der Waals surface area (Å²) in [7, 11) is 0. The summed E-state index contributed by atoms with van der Waals surface area (Å²) in [5, 5.41) is 18.8. The van der Waals surface area contributed by atoms with Gasteiger partial charge in [0.1, 0.15) is 18.7 Å². The van der Waals surface area contributed by atoms with E-state index in [0.717, 1.165) is 16.8 Å². The number of nitrogens with one attached hydrogen (secondary N) is 2. The van der Waals surface area contributed by atoms with Crippen LogP contribution in [0.25, 0.3) is 11.1 Å². The Balaban J connectivity index is 1.66. The lowest BCUT2D eigenvalue weighted by atomic mass is 10.0. The van der Waals surface area contributed by atoms with Crippen LogP contribution in [0.1, 0.15) is 15.9 Å². The van der Waals surface area contributed by atoms with E-state index in [1.807, 2.05) is 0 Å². The van der Waals surface area contributed by atoms with Crippen LogP contribution in [0.2, 0.25) is 0 Å². The second kappa shape index (κ2) is 8.74. The number of hydrogen-bond donors (Lipinski definition) is 3. The van der Waals surface area contributed by atoms with Crippen molar-refractivity contribution < 1.29 is 27.9 Å². The maximum Gasteiger partial charge on any atom is 0.416 e. The Morgan fingerprint density at radius 3 is 2.00 bits per heavy atom. The molecule has 3 rings (SSSR count). The molecule has 0 bridgehead atoms. The number of benzene rings is 2. The third-order valence-corrected chi connectivity index (χ3v) is 4.16. The van der Waals surface area contributed by atoms with Crippen LogP contribution in [0.15, 0.2) is 61.2 Å². The van der Waals surface area contributed by atoms with Gasteiger partial charge in [-0.1, -0.05) is 24.3 Å². The number of carbonyl (C=O) groups excluding carboxylic acids is 2. The number of carbonyl (C=O) groups is 2. The van der Waals surface area contributed by atoms with Gasteiger partial charge in [-0.3, -0.25) is 15.0 Å². The van der Waals surface area contributed by atoms with Gasteiger partial charge in [0.15, 0.2) is 0 Å². The average molecular weight is 419 g/mol. The van der Waals surface area contributed by atoms with E-state index in [2.05, 4.69) is 20.9 Å². The molecule has 0 spiro atoms. The molecule has 0 saturated carbocycles. The van der Waals surface area contributed by atoms with Gasteiger partial charge in [0.2, 0.25) is 0 Å². The van der Waals surface area contributed by atoms with Gasteiger partial charge in [-0.05, 0) is 35.4 Å². The molecular weight excluding hydrogens is 403 g/mol. The maximum absolute atomic E-state index is 12.7. The lowest BCUT2D eigenvalue weighted by molar-refractivity contribution is -0.137. The fourth-order valence-corrected chi connectivity index (χ4v) is 2.56. The highest BCUT2D eigenvalue weighted by Gasteiger charge is 2.30. The van der Waals surface area contributed by atoms with Gasteiger partial charge in [0.05, 0.1) is 12.2 Å². The van der Waals surface area contributed by atoms with Gasteiger partial charge in [-0.25, -0.2) is 4.68 Å². The molecule has 0 aliphatic rings. The van der Waals surface area contributed by atoms with Crippen molar-refractivity contribution in [1.82, 2.24) is 20.2 Å². The first-order chi connectivity index (χ1) is 14.3. The number of alkyl halides is 3. The van der Waals surface area contributed by atoms with E-state index in [0.29, 0.717) is 11.1 Å². The van der Waals surface area contributed by atoms with Crippen LogP contribution in [0.4, 0.5) is 13.2 Å². The minimum Gasteiger partial charge on any atom is -0.394 e. The lowest BCUT2D eigenvalue weighted by Gasteiger charge is -2.16. The normalized spacial score (nSPS) is 12.3. The van der Waals surface area contributed by atoms with Crippen LogP contribution in [-0.4, -0.2) is 44.4 Å². The number of hydrogen-bond acceptors (Lipinski definition) is 5. The van der Waals surface area contributed by atoms with Crippen molar-refractivity contribution in [2.75, 3.05) is 12.0 Å². The second-order valence-corrected chi connectivity index (χ2v) is 6.21. The zero-order chi connectivity index (χ0) is 21.7. The average Bonchev–Trinajstić information content (AvgIpc) is 3.24. The third kappa shape index (κ3) is 5.00. The number of aromatic nitrogens is 3. The van der Waals surface area contributed by atoms with Crippen LogP contribution in [0.5, 0.6) is 0 Å². The first kappa shape index (κ1) is 21.0. The molecule has 0 fully saturated rings. The summed E-state index contributed by atoms with van der Waals surface area (Å²) in [6.45, 7) is -0.636. The topological polar surface area (TPSA) is 109 Å². The molecule has 1 unspecified atom stereocenters. The van der Waals surface area contributed by atoms with Gasteiger partial charge in [-0.15, -0.1) is 10.2 Å². The van der Waals surface area contributed by atoms with E-state index in [9.17, 15) is 27.9 Å². The van der Waals surface area contributed by atoms with Crippen LogP contribution >= 0.6 is 0 Å². The van der Waals surface area contributed by atoms with E-state index in [-0.39, 0.29) is 5.56 Å². The molecule has 0 saturated heterocycles. The summed E-state index contributed by atoms with van der Waals surface area (Å²) in [6, 6.07) is 9.51. The Morgan fingerprint density at radius 2 is 1.50 bits per heavy atom. The van der Waals surface area contributed by atoms with Gasteiger partial charge in [-0.2, -0.15) is 13.2 Å².